The molecule has 0 aliphatic heterocycles. The minimum Gasteiger partial charge on any atom is -0.349 e. The average Bonchev–Trinajstić information content (AvgIpc) is 3.36. The molecule has 6 nitrogen and oxygen atoms in total. The van der Waals surface area contributed by atoms with Crippen LogP contribution in [0.4, 0.5) is 5.00 Å². The Kier molecular flexibility index (Phi) is 6.75. The number of rotatable bonds is 6. The molecule has 2 amide bonds. The van der Waals surface area contributed by atoms with E-state index in [1.165, 1.54) is 24.1 Å². The van der Waals surface area contributed by atoms with Crippen molar-refractivity contribution >= 4 is 28.2 Å². The van der Waals surface area contributed by atoms with Gasteiger partial charge in [0.1, 0.15) is 10.7 Å². The number of thiophene rings is 1. The number of nitrogens with one attached hydrogen (secondary N) is 2. The summed E-state index contributed by atoms with van der Waals surface area (Å²) < 4.78 is 1.56. The molecule has 0 spiro atoms. The lowest BCUT2D eigenvalue weighted by molar-refractivity contribution is 0.0927. The SMILES string of the molecule is CCC(C)(C)[C@H]1CCc2c(sc(NC(=O)c3ccnn3C)c2C(=O)NC2CCCCC2)C1. The van der Waals surface area contributed by atoms with Crippen molar-refractivity contribution in [2.75, 3.05) is 5.32 Å². The molecular weight excluding hydrogens is 420 g/mol. The summed E-state index contributed by atoms with van der Waals surface area (Å²) in [6, 6.07) is 1.94. The monoisotopic (exact) mass is 456 g/mol. The van der Waals surface area contributed by atoms with Gasteiger partial charge in [0, 0.05) is 24.2 Å². The number of aryl methyl sites for hydroxylation is 1. The van der Waals surface area contributed by atoms with Gasteiger partial charge in [0.05, 0.1) is 5.56 Å². The van der Waals surface area contributed by atoms with E-state index in [4.69, 9.17) is 0 Å². The second kappa shape index (κ2) is 9.38. The first-order chi connectivity index (χ1) is 15.3. The molecule has 174 valence electrons. The van der Waals surface area contributed by atoms with E-state index < -0.39 is 0 Å². The summed E-state index contributed by atoms with van der Waals surface area (Å²) in [6.45, 7) is 6.95. The van der Waals surface area contributed by atoms with Gasteiger partial charge in [0.2, 0.25) is 0 Å². The standard InChI is InChI=1S/C25H36N4O2S/c1-5-25(2,3)16-11-12-18-20(15-16)32-24(28-22(30)19-13-14-26-29(19)4)21(18)23(31)27-17-9-7-6-8-10-17/h13-14,16-17H,5-12,15H2,1-4H3,(H,27,31)(H,28,30)/t16-/m0/s1. The number of amides is 2. The highest BCUT2D eigenvalue weighted by Crippen LogP contribution is 2.45. The largest absolute Gasteiger partial charge is 0.349 e. The Labute approximate surface area is 195 Å². The van der Waals surface area contributed by atoms with Crippen LogP contribution in [0, 0.1) is 11.3 Å². The number of nitrogens with zero attached hydrogens (tertiary/aromatic N) is 2. The van der Waals surface area contributed by atoms with Gasteiger partial charge < -0.3 is 10.6 Å². The molecule has 0 radical (unpaired) electrons. The van der Waals surface area contributed by atoms with E-state index in [9.17, 15) is 9.59 Å². The maximum atomic E-state index is 13.5. The Morgan fingerprint density at radius 3 is 2.59 bits per heavy atom. The predicted molar refractivity (Wildman–Crippen MR) is 129 cm³/mol. The molecule has 1 atom stereocenters. The topological polar surface area (TPSA) is 76.0 Å². The third-order valence-electron chi connectivity index (χ3n) is 7.73. The lowest BCUT2D eigenvalue weighted by atomic mass is 9.69. The zero-order chi connectivity index (χ0) is 22.9. The Bertz CT molecular complexity index is 984. The van der Waals surface area contributed by atoms with Gasteiger partial charge in [-0.15, -0.1) is 11.3 Å². The van der Waals surface area contributed by atoms with Crippen molar-refractivity contribution in [1.82, 2.24) is 15.1 Å². The van der Waals surface area contributed by atoms with Crippen LogP contribution in [0.25, 0.3) is 0 Å². The first-order valence-electron chi connectivity index (χ1n) is 12.0. The van der Waals surface area contributed by atoms with E-state index in [1.54, 1.807) is 35.3 Å². The molecule has 2 aromatic rings. The number of fused-ring (bicyclic) bond motifs is 1. The van der Waals surface area contributed by atoms with Crippen molar-refractivity contribution in [3.63, 3.8) is 0 Å². The van der Waals surface area contributed by atoms with Gasteiger partial charge in [-0.3, -0.25) is 14.3 Å². The lowest BCUT2D eigenvalue weighted by Crippen LogP contribution is -2.37. The molecule has 32 heavy (non-hydrogen) atoms. The summed E-state index contributed by atoms with van der Waals surface area (Å²) in [5.74, 6) is 0.345. The molecule has 0 bridgehead atoms. The van der Waals surface area contributed by atoms with Crippen LogP contribution >= 0.6 is 11.3 Å². The number of anilines is 1. The summed E-state index contributed by atoms with van der Waals surface area (Å²) in [5, 5.41) is 11.1. The lowest BCUT2D eigenvalue weighted by Gasteiger charge is -2.36. The highest BCUT2D eigenvalue weighted by atomic mass is 32.1. The molecule has 0 unspecified atom stereocenters. The van der Waals surface area contributed by atoms with Crippen LogP contribution in [0.5, 0.6) is 0 Å². The molecule has 2 N–H and O–H groups in total. The Balaban J connectivity index is 1.64. The first-order valence-corrected chi connectivity index (χ1v) is 12.9. The molecule has 2 aliphatic carbocycles. The molecule has 4 rings (SSSR count). The maximum absolute atomic E-state index is 13.5. The summed E-state index contributed by atoms with van der Waals surface area (Å²) >= 11 is 1.59. The van der Waals surface area contributed by atoms with E-state index in [0.29, 0.717) is 22.2 Å². The second-order valence-electron chi connectivity index (χ2n) is 10.1. The molecule has 2 heterocycles. The molecule has 1 fully saturated rings. The quantitative estimate of drug-likeness (QED) is 0.616. The van der Waals surface area contributed by atoms with Crippen LogP contribution in [0.2, 0.25) is 0 Å². The Morgan fingerprint density at radius 2 is 1.94 bits per heavy atom. The van der Waals surface area contributed by atoms with Crippen LogP contribution in [0.1, 0.15) is 97.0 Å². The highest BCUT2D eigenvalue weighted by Gasteiger charge is 2.36. The van der Waals surface area contributed by atoms with Crippen LogP contribution in [-0.4, -0.2) is 27.6 Å². The van der Waals surface area contributed by atoms with E-state index in [1.807, 2.05) is 0 Å². The highest BCUT2D eigenvalue weighted by molar-refractivity contribution is 7.17. The maximum Gasteiger partial charge on any atom is 0.274 e. The number of carbonyl (C=O) groups excluding carboxylic acids is 2. The van der Waals surface area contributed by atoms with E-state index >= 15 is 0 Å². The number of hydrogen-bond acceptors (Lipinski definition) is 4. The summed E-state index contributed by atoms with van der Waals surface area (Å²) in [4.78, 5) is 27.7. The summed E-state index contributed by atoms with van der Waals surface area (Å²) in [7, 11) is 1.75. The van der Waals surface area contributed by atoms with Crippen molar-refractivity contribution in [3.05, 3.63) is 34.0 Å². The van der Waals surface area contributed by atoms with Crippen LogP contribution in [-0.2, 0) is 19.9 Å². The fraction of sp³-hybridized carbons (Fsp3) is 0.640. The number of aromatic nitrogens is 2. The molecule has 2 aromatic heterocycles. The third kappa shape index (κ3) is 4.63. The van der Waals surface area contributed by atoms with Crippen molar-refractivity contribution in [2.45, 2.75) is 84.6 Å². The van der Waals surface area contributed by atoms with Gasteiger partial charge in [0.15, 0.2) is 0 Å². The Hall–Kier alpha value is -2.15. The smallest absolute Gasteiger partial charge is 0.274 e. The van der Waals surface area contributed by atoms with Crippen molar-refractivity contribution in [1.29, 1.82) is 0 Å². The van der Waals surface area contributed by atoms with Crippen molar-refractivity contribution in [3.8, 4) is 0 Å². The van der Waals surface area contributed by atoms with Gasteiger partial charge >= 0.3 is 0 Å². The van der Waals surface area contributed by atoms with Gasteiger partial charge in [0.25, 0.3) is 11.8 Å². The normalized spacial score (nSPS) is 19.4. The Morgan fingerprint density at radius 1 is 1.19 bits per heavy atom. The molecular formula is C25H36N4O2S. The first kappa shape index (κ1) is 23.0. The second-order valence-corrected chi connectivity index (χ2v) is 11.2. The third-order valence-corrected chi connectivity index (χ3v) is 8.90. The molecule has 1 saturated carbocycles. The van der Waals surface area contributed by atoms with Gasteiger partial charge in [-0.05, 0) is 55.1 Å². The number of carbonyl (C=O) groups is 2. The zero-order valence-corrected chi connectivity index (χ0v) is 20.6. The molecule has 0 aromatic carbocycles. The molecule has 2 aliphatic rings. The van der Waals surface area contributed by atoms with E-state index in [2.05, 4.69) is 36.5 Å². The molecule has 0 saturated heterocycles. The van der Waals surface area contributed by atoms with Gasteiger partial charge in [-0.1, -0.05) is 46.5 Å². The van der Waals surface area contributed by atoms with Gasteiger partial charge in [-0.2, -0.15) is 5.10 Å². The average molecular weight is 457 g/mol. The summed E-state index contributed by atoms with van der Waals surface area (Å²) in [6.07, 6.45) is 11.4. The fourth-order valence-electron chi connectivity index (χ4n) is 5.14. The fourth-order valence-corrected chi connectivity index (χ4v) is 6.46. The predicted octanol–water partition coefficient (Wildman–Crippen LogP) is 5.34. The van der Waals surface area contributed by atoms with Crippen molar-refractivity contribution < 1.29 is 9.59 Å². The van der Waals surface area contributed by atoms with E-state index in [0.717, 1.165) is 44.1 Å². The number of hydrogen-bond donors (Lipinski definition) is 2. The van der Waals surface area contributed by atoms with Crippen LogP contribution in [0.3, 0.4) is 0 Å². The minimum absolute atomic E-state index is 0.0251. The van der Waals surface area contributed by atoms with Crippen LogP contribution < -0.4 is 10.6 Å². The van der Waals surface area contributed by atoms with Crippen LogP contribution in [0.15, 0.2) is 12.3 Å². The van der Waals surface area contributed by atoms with Gasteiger partial charge in [-0.25, -0.2) is 0 Å². The van der Waals surface area contributed by atoms with E-state index in [-0.39, 0.29) is 23.3 Å². The van der Waals surface area contributed by atoms with Crippen molar-refractivity contribution in [2.24, 2.45) is 18.4 Å². The minimum atomic E-state index is -0.222. The summed E-state index contributed by atoms with van der Waals surface area (Å²) in [5.41, 5.74) is 2.59. The zero-order valence-electron chi connectivity index (χ0n) is 19.8. The molecule has 7 heteroatoms.